The third-order valence-corrected chi connectivity index (χ3v) is 4.07. The summed E-state index contributed by atoms with van der Waals surface area (Å²) in [6.07, 6.45) is 1.13. The van der Waals surface area contributed by atoms with Crippen LogP contribution in [0.4, 0.5) is 5.69 Å². The van der Waals surface area contributed by atoms with Gasteiger partial charge in [-0.3, -0.25) is 0 Å². The second-order valence-corrected chi connectivity index (χ2v) is 5.68. The summed E-state index contributed by atoms with van der Waals surface area (Å²) in [5, 5.41) is 12.4. The zero-order valence-electron chi connectivity index (χ0n) is 14.2. The van der Waals surface area contributed by atoms with Gasteiger partial charge in [0.2, 0.25) is 0 Å². The van der Waals surface area contributed by atoms with Gasteiger partial charge in [0.15, 0.2) is 5.96 Å². The lowest BCUT2D eigenvalue weighted by Gasteiger charge is -2.11. The second kappa shape index (κ2) is 10.3. The van der Waals surface area contributed by atoms with Gasteiger partial charge in [0.25, 0.3) is 0 Å². The summed E-state index contributed by atoms with van der Waals surface area (Å²) in [5.74, 6) is 0.930. The summed E-state index contributed by atoms with van der Waals surface area (Å²) in [6.45, 7) is 4.86. The summed E-state index contributed by atoms with van der Waals surface area (Å²) in [5.41, 5.74) is 10.1. The van der Waals surface area contributed by atoms with Crippen LogP contribution in [0.15, 0.2) is 53.5 Å². The topological polar surface area (TPSA) is 70.6 Å². The molecule has 0 aliphatic rings. The maximum absolute atomic E-state index is 9.31. The van der Waals surface area contributed by atoms with E-state index in [1.807, 2.05) is 36.4 Å². The number of nitrogens with two attached hydrogens (primary N) is 1. The van der Waals surface area contributed by atoms with Crippen molar-refractivity contribution in [2.75, 3.05) is 5.32 Å². The highest BCUT2D eigenvalue weighted by Crippen LogP contribution is 2.20. The van der Waals surface area contributed by atoms with Gasteiger partial charge in [0.05, 0.1) is 13.2 Å². The largest absolute Gasteiger partial charge is 0.392 e. The fourth-order valence-electron chi connectivity index (χ4n) is 2.35. The van der Waals surface area contributed by atoms with E-state index in [9.17, 15) is 5.11 Å². The molecule has 0 bridgehead atoms. The number of aliphatic imine (C=N–C) groups is 1. The molecule has 4 N–H and O–H groups in total. The van der Waals surface area contributed by atoms with Crippen LogP contribution in [0.25, 0.3) is 0 Å². The lowest BCUT2D eigenvalue weighted by molar-refractivity contribution is 0.280. The highest BCUT2D eigenvalue weighted by Gasteiger charge is 2.03. The first-order valence-electron chi connectivity index (χ1n) is 7.98. The van der Waals surface area contributed by atoms with Crippen molar-refractivity contribution >= 4 is 35.6 Å². The molecular weight excluding hydrogens is 413 g/mol. The molecular formula is C19H26IN3O. The van der Waals surface area contributed by atoms with Gasteiger partial charge in [-0.15, -0.1) is 24.0 Å². The fourth-order valence-corrected chi connectivity index (χ4v) is 2.35. The Morgan fingerprint density at radius 2 is 1.75 bits per heavy atom. The molecule has 2 aromatic rings. The number of aliphatic hydroxyl groups excluding tert-OH is 1. The number of aliphatic hydroxyl groups is 1. The first-order valence-corrected chi connectivity index (χ1v) is 7.98. The molecule has 0 fully saturated rings. The van der Waals surface area contributed by atoms with Crippen molar-refractivity contribution < 1.29 is 5.11 Å². The molecule has 0 amide bonds. The standard InChI is InChI=1S/C19H25N3O.HI/c1-3-14(2)15-8-10-18(11-9-15)22-19(20)21-12-16-6-4-5-7-17(16)13-23;/h4-11,14,23H,3,12-13H2,1-2H3,(H3,20,21,22);1H. The molecule has 1 unspecified atom stereocenters. The monoisotopic (exact) mass is 439 g/mol. The predicted octanol–water partition coefficient (Wildman–Crippen LogP) is 4.24. The predicted molar refractivity (Wildman–Crippen MR) is 112 cm³/mol. The number of halogens is 1. The van der Waals surface area contributed by atoms with Gasteiger partial charge in [-0.2, -0.15) is 0 Å². The smallest absolute Gasteiger partial charge is 0.193 e. The average Bonchev–Trinajstić information content (AvgIpc) is 2.60. The van der Waals surface area contributed by atoms with Crippen LogP contribution in [0.2, 0.25) is 0 Å². The zero-order valence-corrected chi connectivity index (χ0v) is 16.5. The minimum atomic E-state index is 0. The highest BCUT2D eigenvalue weighted by atomic mass is 127. The summed E-state index contributed by atoms with van der Waals surface area (Å²) >= 11 is 0. The van der Waals surface area contributed by atoms with Crippen molar-refractivity contribution in [1.29, 1.82) is 0 Å². The molecule has 0 aliphatic carbocycles. The van der Waals surface area contributed by atoms with Gasteiger partial charge in [0, 0.05) is 5.69 Å². The molecule has 0 aliphatic heterocycles. The molecule has 0 heterocycles. The van der Waals surface area contributed by atoms with Gasteiger partial charge >= 0.3 is 0 Å². The van der Waals surface area contributed by atoms with Crippen molar-refractivity contribution in [2.24, 2.45) is 10.7 Å². The van der Waals surface area contributed by atoms with E-state index in [4.69, 9.17) is 5.73 Å². The Kier molecular flexibility index (Phi) is 8.78. The number of nitrogens with zero attached hydrogens (tertiary/aromatic N) is 1. The minimum absolute atomic E-state index is 0. The van der Waals surface area contributed by atoms with E-state index < -0.39 is 0 Å². The van der Waals surface area contributed by atoms with E-state index in [1.54, 1.807) is 0 Å². The Balaban J connectivity index is 0.00000288. The lowest BCUT2D eigenvalue weighted by Crippen LogP contribution is -2.22. The van der Waals surface area contributed by atoms with Crippen LogP contribution >= 0.6 is 24.0 Å². The molecule has 1 atom stereocenters. The second-order valence-electron chi connectivity index (χ2n) is 5.68. The number of guanidine groups is 1. The Hall–Kier alpha value is -1.60. The van der Waals surface area contributed by atoms with Crippen LogP contribution in [0, 0.1) is 0 Å². The van der Waals surface area contributed by atoms with Gasteiger partial charge in [-0.25, -0.2) is 4.99 Å². The minimum Gasteiger partial charge on any atom is -0.392 e. The molecule has 0 aromatic heterocycles. The van der Waals surface area contributed by atoms with Gasteiger partial charge in [0.1, 0.15) is 0 Å². The molecule has 0 spiro atoms. The Morgan fingerprint density at radius 3 is 2.33 bits per heavy atom. The van der Waals surface area contributed by atoms with Gasteiger partial charge in [-0.05, 0) is 41.2 Å². The van der Waals surface area contributed by atoms with Crippen LogP contribution in [0.3, 0.4) is 0 Å². The quantitative estimate of drug-likeness (QED) is 0.358. The summed E-state index contributed by atoms with van der Waals surface area (Å²) in [4.78, 5) is 4.34. The molecule has 2 rings (SSSR count). The van der Waals surface area contributed by atoms with Crippen molar-refractivity contribution in [1.82, 2.24) is 0 Å². The van der Waals surface area contributed by atoms with E-state index in [-0.39, 0.29) is 30.6 Å². The number of benzene rings is 2. The van der Waals surface area contributed by atoms with Gasteiger partial charge in [-0.1, -0.05) is 50.2 Å². The maximum atomic E-state index is 9.31. The average molecular weight is 439 g/mol. The van der Waals surface area contributed by atoms with E-state index in [0.717, 1.165) is 23.2 Å². The number of hydrogen-bond acceptors (Lipinski definition) is 2. The Labute approximate surface area is 161 Å². The van der Waals surface area contributed by atoms with Crippen LogP contribution in [0.1, 0.15) is 42.9 Å². The number of nitrogens with one attached hydrogen (secondary N) is 1. The molecule has 0 radical (unpaired) electrons. The van der Waals surface area contributed by atoms with Crippen LogP contribution in [-0.4, -0.2) is 11.1 Å². The fraction of sp³-hybridized carbons (Fsp3) is 0.316. The SMILES string of the molecule is CCC(C)c1ccc(NC(N)=NCc2ccccc2CO)cc1.I. The van der Waals surface area contributed by atoms with Gasteiger partial charge < -0.3 is 16.2 Å². The van der Waals surface area contributed by atoms with E-state index >= 15 is 0 Å². The van der Waals surface area contributed by atoms with Crippen LogP contribution < -0.4 is 11.1 Å². The molecule has 0 saturated carbocycles. The highest BCUT2D eigenvalue weighted by molar-refractivity contribution is 14.0. The molecule has 2 aromatic carbocycles. The van der Waals surface area contributed by atoms with Crippen molar-refractivity contribution in [3.8, 4) is 0 Å². The van der Waals surface area contributed by atoms with E-state index in [2.05, 4.69) is 36.3 Å². The lowest BCUT2D eigenvalue weighted by atomic mass is 9.99. The molecule has 0 saturated heterocycles. The zero-order chi connectivity index (χ0) is 16.7. The Morgan fingerprint density at radius 1 is 1.12 bits per heavy atom. The van der Waals surface area contributed by atoms with Crippen molar-refractivity contribution in [3.05, 3.63) is 65.2 Å². The van der Waals surface area contributed by atoms with E-state index in [1.165, 1.54) is 5.56 Å². The summed E-state index contributed by atoms with van der Waals surface area (Å²) in [7, 11) is 0. The van der Waals surface area contributed by atoms with Crippen LogP contribution in [-0.2, 0) is 13.2 Å². The number of anilines is 1. The third kappa shape index (κ3) is 5.79. The maximum Gasteiger partial charge on any atom is 0.193 e. The van der Waals surface area contributed by atoms with E-state index in [0.29, 0.717) is 18.4 Å². The number of rotatable bonds is 6. The molecule has 24 heavy (non-hydrogen) atoms. The van der Waals surface area contributed by atoms with Crippen molar-refractivity contribution in [2.45, 2.75) is 39.3 Å². The first-order chi connectivity index (χ1) is 11.1. The third-order valence-electron chi connectivity index (χ3n) is 4.07. The molecule has 5 heteroatoms. The number of hydrogen-bond donors (Lipinski definition) is 3. The first kappa shape index (κ1) is 20.4. The van der Waals surface area contributed by atoms with Crippen LogP contribution in [0.5, 0.6) is 0 Å². The Bertz CT molecular complexity index is 656. The van der Waals surface area contributed by atoms with Crippen molar-refractivity contribution in [3.63, 3.8) is 0 Å². The normalized spacial score (nSPS) is 12.4. The molecule has 4 nitrogen and oxygen atoms in total. The molecule has 130 valence electrons. The summed E-state index contributed by atoms with van der Waals surface area (Å²) < 4.78 is 0. The summed E-state index contributed by atoms with van der Waals surface area (Å²) in [6, 6.07) is 15.9.